The summed E-state index contributed by atoms with van der Waals surface area (Å²) in [6.45, 7) is 0.479. The standard InChI is InChI=1S/C21H25BrN2O3S/c1-24(14-15-8-10-16(22)11-9-15)21(26)18(12-13-28-3)23-20(25)17-6-4-5-7-19(17)27-2/h4-11,18H,12-14H2,1-3H3,(H,23,25). The van der Waals surface area contributed by atoms with Gasteiger partial charge in [-0.05, 0) is 48.3 Å². The minimum Gasteiger partial charge on any atom is -0.496 e. The lowest BCUT2D eigenvalue weighted by Gasteiger charge is -2.25. The zero-order valence-corrected chi connectivity index (χ0v) is 18.7. The Bertz CT molecular complexity index is 798. The Kier molecular flexibility index (Phi) is 8.86. The van der Waals surface area contributed by atoms with E-state index in [1.807, 2.05) is 30.5 Å². The minimum absolute atomic E-state index is 0.111. The highest BCUT2D eigenvalue weighted by atomic mass is 79.9. The number of halogens is 1. The number of rotatable bonds is 9. The third-order valence-electron chi connectivity index (χ3n) is 4.27. The maximum absolute atomic E-state index is 13.0. The number of carbonyl (C=O) groups excluding carboxylic acids is 2. The third-order valence-corrected chi connectivity index (χ3v) is 5.45. The van der Waals surface area contributed by atoms with Gasteiger partial charge in [0.15, 0.2) is 0 Å². The number of benzene rings is 2. The quantitative estimate of drug-likeness (QED) is 0.609. The van der Waals surface area contributed by atoms with Crippen molar-refractivity contribution < 1.29 is 14.3 Å². The van der Waals surface area contributed by atoms with Crippen molar-refractivity contribution in [2.75, 3.05) is 26.2 Å². The van der Waals surface area contributed by atoms with Gasteiger partial charge < -0.3 is 15.0 Å². The average molecular weight is 465 g/mol. The monoisotopic (exact) mass is 464 g/mol. The van der Waals surface area contributed by atoms with Crippen LogP contribution in [0.3, 0.4) is 0 Å². The molecule has 0 aliphatic rings. The molecule has 0 aliphatic carbocycles. The van der Waals surface area contributed by atoms with E-state index >= 15 is 0 Å². The molecule has 1 N–H and O–H groups in total. The molecule has 0 aromatic heterocycles. The number of nitrogens with zero attached hydrogens (tertiary/aromatic N) is 1. The lowest BCUT2D eigenvalue weighted by molar-refractivity contribution is -0.132. The van der Waals surface area contributed by atoms with Gasteiger partial charge in [0.1, 0.15) is 11.8 Å². The fourth-order valence-electron chi connectivity index (χ4n) is 2.77. The number of methoxy groups -OCH3 is 1. The summed E-state index contributed by atoms with van der Waals surface area (Å²) in [5.74, 6) is 0.836. The van der Waals surface area contributed by atoms with Crippen LogP contribution in [0.25, 0.3) is 0 Å². The second-order valence-corrected chi connectivity index (χ2v) is 8.23. The van der Waals surface area contributed by atoms with E-state index < -0.39 is 6.04 Å². The van der Waals surface area contributed by atoms with Crippen molar-refractivity contribution in [1.29, 1.82) is 0 Å². The van der Waals surface area contributed by atoms with E-state index in [2.05, 4.69) is 21.2 Å². The molecule has 1 unspecified atom stereocenters. The molecule has 0 aliphatic heterocycles. The maximum Gasteiger partial charge on any atom is 0.255 e. The van der Waals surface area contributed by atoms with E-state index in [9.17, 15) is 9.59 Å². The van der Waals surface area contributed by atoms with Crippen molar-refractivity contribution in [3.8, 4) is 5.75 Å². The largest absolute Gasteiger partial charge is 0.496 e. The highest BCUT2D eigenvalue weighted by molar-refractivity contribution is 9.10. The number of likely N-dealkylation sites (N-methyl/N-ethyl adjacent to an activating group) is 1. The van der Waals surface area contributed by atoms with Gasteiger partial charge in [-0.3, -0.25) is 9.59 Å². The highest BCUT2D eigenvalue weighted by Gasteiger charge is 2.25. The summed E-state index contributed by atoms with van der Waals surface area (Å²) in [5, 5.41) is 2.89. The first-order chi connectivity index (χ1) is 13.5. The molecular weight excluding hydrogens is 440 g/mol. The molecule has 150 valence electrons. The van der Waals surface area contributed by atoms with Gasteiger partial charge in [0, 0.05) is 18.1 Å². The molecule has 0 heterocycles. The summed E-state index contributed by atoms with van der Waals surface area (Å²) >= 11 is 5.06. The first-order valence-corrected chi connectivity index (χ1v) is 11.1. The van der Waals surface area contributed by atoms with Gasteiger partial charge in [0.05, 0.1) is 12.7 Å². The van der Waals surface area contributed by atoms with Gasteiger partial charge in [-0.15, -0.1) is 0 Å². The Balaban J connectivity index is 2.11. The predicted octanol–water partition coefficient (Wildman–Crippen LogP) is 3.97. The van der Waals surface area contributed by atoms with Crippen LogP contribution >= 0.6 is 27.7 Å². The van der Waals surface area contributed by atoms with Crippen LogP contribution in [0.15, 0.2) is 53.0 Å². The highest BCUT2D eigenvalue weighted by Crippen LogP contribution is 2.18. The Morgan fingerprint density at radius 2 is 1.86 bits per heavy atom. The molecular formula is C21H25BrN2O3S. The van der Waals surface area contributed by atoms with Gasteiger partial charge in [0.25, 0.3) is 5.91 Å². The molecule has 0 saturated carbocycles. The molecule has 0 saturated heterocycles. The van der Waals surface area contributed by atoms with Crippen LogP contribution in [0.4, 0.5) is 0 Å². The molecule has 28 heavy (non-hydrogen) atoms. The van der Waals surface area contributed by atoms with Crippen LogP contribution in [0.1, 0.15) is 22.3 Å². The number of para-hydroxylation sites is 1. The van der Waals surface area contributed by atoms with Crippen LogP contribution in [0, 0.1) is 0 Å². The molecule has 7 heteroatoms. The summed E-state index contributed by atoms with van der Waals surface area (Å²) in [7, 11) is 3.28. The van der Waals surface area contributed by atoms with Crippen molar-refractivity contribution in [2.24, 2.45) is 0 Å². The lowest BCUT2D eigenvalue weighted by atomic mass is 10.1. The van der Waals surface area contributed by atoms with Crippen molar-refractivity contribution in [3.63, 3.8) is 0 Å². The van der Waals surface area contributed by atoms with Crippen molar-refractivity contribution in [3.05, 3.63) is 64.1 Å². The minimum atomic E-state index is -0.592. The van der Waals surface area contributed by atoms with E-state index in [1.54, 1.807) is 48.0 Å². The number of carbonyl (C=O) groups is 2. The first kappa shape index (κ1) is 22.3. The molecule has 2 amide bonds. The summed E-state index contributed by atoms with van der Waals surface area (Å²) in [5.41, 5.74) is 1.45. The van der Waals surface area contributed by atoms with Crippen molar-refractivity contribution in [1.82, 2.24) is 10.2 Å². The van der Waals surface area contributed by atoms with E-state index in [4.69, 9.17) is 4.74 Å². The molecule has 0 radical (unpaired) electrons. The Morgan fingerprint density at radius 1 is 1.18 bits per heavy atom. The molecule has 0 spiro atoms. The number of amides is 2. The number of nitrogens with one attached hydrogen (secondary N) is 1. The zero-order chi connectivity index (χ0) is 20.5. The molecule has 0 bridgehead atoms. The van der Waals surface area contributed by atoms with Crippen LogP contribution in [0.2, 0.25) is 0 Å². The van der Waals surface area contributed by atoms with E-state index in [1.165, 1.54) is 7.11 Å². The lowest BCUT2D eigenvalue weighted by Crippen LogP contribution is -2.47. The maximum atomic E-state index is 13.0. The van der Waals surface area contributed by atoms with E-state index in [0.717, 1.165) is 15.8 Å². The van der Waals surface area contributed by atoms with Crippen LogP contribution in [-0.2, 0) is 11.3 Å². The molecule has 2 aromatic rings. The number of hydrogen-bond donors (Lipinski definition) is 1. The fraction of sp³-hybridized carbons (Fsp3) is 0.333. The van der Waals surface area contributed by atoms with Gasteiger partial charge in [-0.2, -0.15) is 11.8 Å². The van der Waals surface area contributed by atoms with E-state index in [0.29, 0.717) is 24.3 Å². The Morgan fingerprint density at radius 3 is 2.50 bits per heavy atom. The fourth-order valence-corrected chi connectivity index (χ4v) is 3.50. The van der Waals surface area contributed by atoms with Crippen LogP contribution in [0.5, 0.6) is 5.75 Å². The second kappa shape index (κ2) is 11.1. The van der Waals surface area contributed by atoms with Gasteiger partial charge >= 0.3 is 0 Å². The van der Waals surface area contributed by atoms with Crippen LogP contribution < -0.4 is 10.1 Å². The van der Waals surface area contributed by atoms with Gasteiger partial charge in [0.2, 0.25) is 5.91 Å². The number of ether oxygens (including phenoxy) is 1. The summed E-state index contributed by atoms with van der Waals surface area (Å²) in [6.07, 6.45) is 2.54. The summed E-state index contributed by atoms with van der Waals surface area (Å²) in [4.78, 5) is 27.4. The zero-order valence-electron chi connectivity index (χ0n) is 16.3. The smallest absolute Gasteiger partial charge is 0.255 e. The third kappa shape index (κ3) is 6.27. The van der Waals surface area contributed by atoms with Crippen molar-refractivity contribution in [2.45, 2.75) is 19.0 Å². The van der Waals surface area contributed by atoms with Gasteiger partial charge in [-0.25, -0.2) is 0 Å². The van der Waals surface area contributed by atoms with E-state index in [-0.39, 0.29) is 11.8 Å². The Hall–Kier alpha value is -1.99. The average Bonchev–Trinajstić information content (AvgIpc) is 2.71. The number of thioether (sulfide) groups is 1. The predicted molar refractivity (Wildman–Crippen MR) is 118 cm³/mol. The van der Waals surface area contributed by atoms with Gasteiger partial charge in [-0.1, -0.05) is 40.2 Å². The second-order valence-electron chi connectivity index (χ2n) is 6.33. The number of hydrogen-bond acceptors (Lipinski definition) is 4. The van der Waals surface area contributed by atoms with Crippen molar-refractivity contribution >= 4 is 39.5 Å². The summed E-state index contributed by atoms with van der Waals surface area (Å²) < 4.78 is 6.25. The summed E-state index contributed by atoms with van der Waals surface area (Å²) in [6, 6.07) is 14.2. The SMILES string of the molecule is COc1ccccc1C(=O)NC(CCSC)C(=O)N(C)Cc1ccc(Br)cc1. The molecule has 2 aromatic carbocycles. The topological polar surface area (TPSA) is 58.6 Å². The first-order valence-electron chi connectivity index (χ1n) is 8.88. The molecule has 2 rings (SSSR count). The molecule has 0 fully saturated rings. The Labute approximate surface area is 179 Å². The molecule has 5 nitrogen and oxygen atoms in total. The normalized spacial score (nSPS) is 11.6. The van der Waals surface area contributed by atoms with Crippen LogP contribution in [-0.4, -0.2) is 48.9 Å². The molecule has 1 atom stereocenters.